The highest BCUT2D eigenvalue weighted by molar-refractivity contribution is 9.11. The molecule has 0 atom stereocenters. The summed E-state index contributed by atoms with van der Waals surface area (Å²) in [6, 6.07) is 5.71. The second kappa shape index (κ2) is 4.92. The Hall–Kier alpha value is -1.28. The predicted octanol–water partition coefficient (Wildman–Crippen LogP) is 2.73. The lowest BCUT2D eigenvalue weighted by Crippen LogP contribution is -2.22. The van der Waals surface area contributed by atoms with E-state index in [2.05, 4.69) is 47.4 Å². The molecular formula is C12H10Br2N4O2. The molecule has 1 aromatic carbocycles. The number of aliphatic carboxylic acids is 1. The SMILES string of the molecule is O=C(O)C1(Cn2nnnc2-c2cc(Br)cc(Br)c2)CC1. The van der Waals surface area contributed by atoms with E-state index >= 15 is 0 Å². The van der Waals surface area contributed by atoms with Gasteiger partial charge in [-0.25, -0.2) is 4.68 Å². The Morgan fingerprint density at radius 2 is 1.95 bits per heavy atom. The predicted molar refractivity (Wildman–Crippen MR) is 78.0 cm³/mol. The fourth-order valence-electron chi connectivity index (χ4n) is 2.08. The summed E-state index contributed by atoms with van der Waals surface area (Å²) in [6.07, 6.45) is 1.34. The fraction of sp³-hybridized carbons (Fsp3) is 0.333. The van der Waals surface area contributed by atoms with Gasteiger partial charge < -0.3 is 5.11 Å². The van der Waals surface area contributed by atoms with Gasteiger partial charge in [0, 0.05) is 14.5 Å². The first-order valence-electron chi connectivity index (χ1n) is 5.96. The molecule has 0 amide bonds. The van der Waals surface area contributed by atoms with Gasteiger partial charge >= 0.3 is 5.97 Å². The zero-order chi connectivity index (χ0) is 14.3. The van der Waals surface area contributed by atoms with Crippen LogP contribution < -0.4 is 0 Å². The lowest BCUT2D eigenvalue weighted by Gasteiger charge is -2.11. The average molecular weight is 402 g/mol. The van der Waals surface area contributed by atoms with Crippen molar-refractivity contribution in [2.24, 2.45) is 5.41 Å². The topological polar surface area (TPSA) is 80.9 Å². The van der Waals surface area contributed by atoms with Gasteiger partial charge in [0.05, 0.1) is 12.0 Å². The normalized spacial score (nSPS) is 16.1. The van der Waals surface area contributed by atoms with Gasteiger partial charge in [-0.2, -0.15) is 0 Å². The van der Waals surface area contributed by atoms with E-state index in [0.29, 0.717) is 25.2 Å². The number of carboxylic acid groups (broad SMARTS) is 1. The van der Waals surface area contributed by atoms with Crippen LogP contribution in [0, 0.1) is 5.41 Å². The van der Waals surface area contributed by atoms with Crippen LogP contribution in [0.1, 0.15) is 12.8 Å². The summed E-state index contributed by atoms with van der Waals surface area (Å²) in [5, 5.41) is 20.9. The van der Waals surface area contributed by atoms with Gasteiger partial charge in [0.1, 0.15) is 0 Å². The van der Waals surface area contributed by atoms with Crippen LogP contribution in [0.25, 0.3) is 11.4 Å². The van der Waals surface area contributed by atoms with E-state index in [1.54, 1.807) is 4.68 Å². The maximum atomic E-state index is 11.3. The largest absolute Gasteiger partial charge is 0.481 e. The highest BCUT2D eigenvalue weighted by Gasteiger charge is 2.51. The lowest BCUT2D eigenvalue weighted by atomic mass is 10.1. The van der Waals surface area contributed by atoms with Crippen molar-refractivity contribution in [3.05, 3.63) is 27.1 Å². The number of carboxylic acids is 1. The van der Waals surface area contributed by atoms with Gasteiger partial charge in [-0.05, 0) is 41.5 Å². The van der Waals surface area contributed by atoms with Gasteiger partial charge in [0.25, 0.3) is 0 Å². The molecule has 3 rings (SSSR count). The van der Waals surface area contributed by atoms with Crippen molar-refractivity contribution >= 4 is 37.8 Å². The number of halogens is 2. The summed E-state index contributed by atoms with van der Waals surface area (Å²) in [6.45, 7) is 0.300. The monoisotopic (exact) mass is 400 g/mol. The molecule has 0 radical (unpaired) electrons. The van der Waals surface area contributed by atoms with E-state index in [0.717, 1.165) is 14.5 Å². The van der Waals surface area contributed by atoms with Crippen LogP contribution in [0.4, 0.5) is 0 Å². The van der Waals surface area contributed by atoms with Gasteiger partial charge in [-0.3, -0.25) is 4.79 Å². The van der Waals surface area contributed by atoms with E-state index in [1.807, 2.05) is 18.2 Å². The average Bonchev–Trinajstić information content (AvgIpc) is 2.99. The maximum Gasteiger partial charge on any atom is 0.311 e. The van der Waals surface area contributed by atoms with Gasteiger partial charge in [-0.1, -0.05) is 31.9 Å². The van der Waals surface area contributed by atoms with Crippen LogP contribution in [0.3, 0.4) is 0 Å². The summed E-state index contributed by atoms with van der Waals surface area (Å²) in [4.78, 5) is 11.3. The van der Waals surface area contributed by atoms with Crippen LogP contribution in [-0.4, -0.2) is 31.3 Å². The van der Waals surface area contributed by atoms with Crippen molar-refractivity contribution < 1.29 is 9.90 Å². The van der Waals surface area contributed by atoms with Crippen LogP contribution in [0.15, 0.2) is 27.1 Å². The quantitative estimate of drug-likeness (QED) is 0.851. The number of hydrogen-bond acceptors (Lipinski definition) is 4. The second-order valence-electron chi connectivity index (χ2n) is 4.90. The maximum absolute atomic E-state index is 11.3. The molecule has 2 aromatic rings. The molecule has 0 saturated heterocycles. The summed E-state index contributed by atoms with van der Waals surface area (Å²) in [5.74, 6) is -0.214. The number of aromatic nitrogens is 4. The van der Waals surface area contributed by atoms with Crippen molar-refractivity contribution in [1.29, 1.82) is 0 Å². The van der Waals surface area contributed by atoms with E-state index < -0.39 is 11.4 Å². The third-order valence-electron chi connectivity index (χ3n) is 3.41. The summed E-state index contributed by atoms with van der Waals surface area (Å²) < 4.78 is 3.36. The smallest absolute Gasteiger partial charge is 0.311 e. The summed E-state index contributed by atoms with van der Waals surface area (Å²) >= 11 is 6.84. The van der Waals surface area contributed by atoms with Gasteiger partial charge in [0.15, 0.2) is 5.82 Å². The first-order valence-corrected chi connectivity index (χ1v) is 7.55. The number of tetrazole rings is 1. The minimum Gasteiger partial charge on any atom is -0.481 e. The van der Waals surface area contributed by atoms with Crippen LogP contribution in [0.2, 0.25) is 0 Å². The Bertz CT molecular complexity index is 662. The van der Waals surface area contributed by atoms with Crippen molar-refractivity contribution in [3.8, 4) is 11.4 Å². The number of carbonyl (C=O) groups is 1. The van der Waals surface area contributed by atoms with E-state index in [1.165, 1.54) is 0 Å². The Balaban J connectivity index is 1.96. The van der Waals surface area contributed by atoms with Crippen LogP contribution in [0.5, 0.6) is 0 Å². The minimum absolute atomic E-state index is 0.300. The first-order chi connectivity index (χ1) is 9.50. The second-order valence-corrected chi connectivity index (χ2v) is 6.74. The van der Waals surface area contributed by atoms with Crippen LogP contribution in [-0.2, 0) is 11.3 Å². The molecule has 0 bridgehead atoms. The zero-order valence-corrected chi connectivity index (χ0v) is 13.4. The van der Waals surface area contributed by atoms with E-state index in [4.69, 9.17) is 0 Å². The lowest BCUT2D eigenvalue weighted by molar-refractivity contribution is -0.144. The molecule has 8 heteroatoms. The van der Waals surface area contributed by atoms with Crippen molar-refractivity contribution in [3.63, 3.8) is 0 Å². The van der Waals surface area contributed by atoms with Gasteiger partial charge in [0.2, 0.25) is 0 Å². The molecule has 1 aliphatic rings. The number of hydrogen-bond donors (Lipinski definition) is 1. The highest BCUT2D eigenvalue weighted by atomic mass is 79.9. The zero-order valence-electron chi connectivity index (χ0n) is 10.3. The molecule has 0 spiro atoms. The van der Waals surface area contributed by atoms with Crippen molar-refractivity contribution in [2.45, 2.75) is 19.4 Å². The standard InChI is InChI=1S/C12H10Br2N4O2/c13-8-3-7(4-9(14)5-8)10-15-16-17-18(10)6-12(1-2-12)11(19)20/h3-5H,1-2,6H2,(H,19,20). The fourth-order valence-corrected chi connectivity index (χ4v) is 3.37. The highest BCUT2D eigenvalue weighted by Crippen LogP contribution is 2.47. The molecule has 1 saturated carbocycles. The Morgan fingerprint density at radius 3 is 2.50 bits per heavy atom. The van der Waals surface area contributed by atoms with Crippen LogP contribution >= 0.6 is 31.9 Å². The summed E-state index contributed by atoms with van der Waals surface area (Å²) in [7, 11) is 0. The molecule has 0 unspecified atom stereocenters. The summed E-state index contributed by atoms with van der Waals surface area (Å²) in [5.41, 5.74) is 0.130. The number of rotatable bonds is 4. The Kier molecular flexibility index (Phi) is 3.37. The first kappa shape index (κ1) is 13.7. The third-order valence-corrected chi connectivity index (χ3v) is 4.33. The van der Waals surface area contributed by atoms with E-state index in [9.17, 15) is 9.90 Å². The molecule has 20 heavy (non-hydrogen) atoms. The van der Waals surface area contributed by atoms with Crippen molar-refractivity contribution in [2.75, 3.05) is 0 Å². The molecule has 104 valence electrons. The number of benzene rings is 1. The molecule has 1 heterocycles. The molecule has 6 nitrogen and oxygen atoms in total. The molecule has 1 N–H and O–H groups in total. The third kappa shape index (κ3) is 2.49. The minimum atomic E-state index is -0.783. The molecule has 0 aliphatic heterocycles. The number of nitrogens with zero attached hydrogens (tertiary/aromatic N) is 4. The molecule has 1 aliphatic carbocycles. The van der Waals surface area contributed by atoms with E-state index in [-0.39, 0.29) is 0 Å². The Labute approximate surface area is 131 Å². The van der Waals surface area contributed by atoms with Crippen molar-refractivity contribution in [1.82, 2.24) is 20.2 Å². The molecule has 1 aromatic heterocycles. The van der Waals surface area contributed by atoms with Gasteiger partial charge in [-0.15, -0.1) is 5.10 Å². The molecule has 1 fully saturated rings. The molecular weight excluding hydrogens is 392 g/mol. The Morgan fingerprint density at radius 1 is 1.30 bits per heavy atom.